The number of piperidine rings is 1. The number of ether oxygens (including phenoxy) is 1. The minimum absolute atomic E-state index is 0.241. The first-order valence-corrected chi connectivity index (χ1v) is 14.0. The van der Waals surface area contributed by atoms with Crippen molar-refractivity contribution in [2.45, 2.75) is 45.3 Å². The van der Waals surface area contributed by atoms with Crippen LogP contribution < -0.4 is 9.63 Å². The largest absolute Gasteiger partial charge is 0.711 e. The van der Waals surface area contributed by atoms with E-state index < -0.39 is 17.7 Å². The monoisotopic (exact) mass is 564 g/mol. The standard InChI is InChI=1S/C32H32N6O4/c1-32(2,3)42-31(40)35-17-6-9-25(21-35)38(29-26-10-5-4-8-22(26)15-19-37(29)41)30(39)24-13-11-23(12-14-24)27-20-34-36-18-7-16-33-28(27)36/h4-5,7-8,10-16,18-20,25H,6,9,17,21H2,1-3H3/t25-/m1/s1. The van der Waals surface area contributed by atoms with E-state index in [4.69, 9.17) is 4.74 Å². The Morgan fingerprint density at radius 1 is 1.07 bits per heavy atom. The second kappa shape index (κ2) is 10.8. The lowest BCUT2D eigenvalue weighted by Gasteiger charge is -2.36. The number of aromatic nitrogens is 4. The topological polar surface area (TPSA) is 107 Å². The van der Waals surface area contributed by atoms with Gasteiger partial charge in [0.25, 0.3) is 5.82 Å². The number of anilines is 1. The number of amides is 2. The maximum atomic E-state index is 14.4. The number of rotatable bonds is 4. The van der Waals surface area contributed by atoms with Crippen LogP contribution in [-0.2, 0) is 4.74 Å². The summed E-state index contributed by atoms with van der Waals surface area (Å²) in [5, 5.41) is 19.3. The summed E-state index contributed by atoms with van der Waals surface area (Å²) in [4.78, 5) is 35.0. The van der Waals surface area contributed by atoms with Crippen molar-refractivity contribution < 1.29 is 19.1 Å². The molecule has 5 aromatic rings. The summed E-state index contributed by atoms with van der Waals surface area (Å²) in [7, 11) is 0. The number of carbonyl (C=O) groups excluding carboxylic acids is 2. The van der Waals surface area contributed by atoms with E-state index in [0.29, 0.717) is 36.0 Å². The van der Waals surface area contributed by atoms with Gasteiger partial charge in [-0.3, -0.25) is 0 Å². The molecule has 10 heteroatoms. The number of hydrogen-bond acceptors (Lipinski definition) is 6. The molecule has 2 aromatic carbocycles. The minimum Gasteiger partial charge on any atom is -0.711 e. The van der Waals surface area contributed by atoms with Gasteiger partial charge in [0.15, 0.2) is 5.65 Å². The first kappa shape index (κ1) is 27.2. The van der Waals surface area contributed by atoms with Crippen LogP contribution in [0.5, 0.6) is 0 Å². The lowest BCUT2D eigenvalue weighted by Crippen LogP contribution is -2.55. The molecule has 6 rings (SSSR count). The Labute approximate surface area is 243 Å². The third kappa shape index (κ3) is 5.23. The SMILES string of the molecule is CC(C)(C)OC(=O)N1CCC[C@@H](N(C(=O)c2ccc(-c3cnn4cccnc34)cc2)c2c3ccccc3cc[n+]2[O-])C1. The summed E-state index contributed by atoms with van der Waals surface area (Å²) in [6, 6.07) is 17.8. The van der Waals surface area contributed by atoms with Crippen molar-refractivity contribution >= 4 is 34.2 Å². The Hall–Kier alpha value is -4.99. The van der Waals surface area contributed by atoms with E-state index in [9.17, 15) is 14.8 Å². The Morgan fingerprint density at radius 3 is 2.64 bits per heavy atom. The highest BCUT2D eigenvalue weighted by molar-refractivity contribution is 6.09. The van der Waals surface area contributed by atoms with Crippen LogP contribution in [-0.4, -0.2) is 56.2 Å². The summed E-state index contributed by atoms with van der Waals surface area (Å²) in [6.07, 6.45) is 7.57. The third-order valence-corrected chi connectivity index (χ3v) is 7.38. The van der Waals surface area contributed by atoms with E-state index in [-0.39, 0.29) is 18.3 Å². The van der Waals surface area contributed by atoms with Crippen LogP contribution in [0.1, 0.15) is 44.0 Å². The predicted molar refractivity (Wildman–Crippen MR) is 159 cm³/mol. The summed E-state index contributed by atoms with van der Waals surface area (Å²) in [6.45, 7) is 6.24. The van der Waals surface area contributed by atoms with Gasteiger partial charge in [0, 0.05) is 24.5 Å². The summed E-state index contributed by atoms with van der Waals surface area (Å²) < 4.78 is 8.07. The zero-order valence-corrected chi connectivity index (χ0v) is 23.8. The maximum Gasteiger partial charge on any atom is 0.410 e. The first-order valence-electron chi connectivity index (χ1n) is 14.0. The van der Waals surface area contributed by atoms with Gasteiger partial charge in [0.2, 0.25) is 0 Å². The van der Waals surface area contributed by atoms with Gasteiger partial charge in [0.1, 0.15) is 11.6 Å². The molecular weight excluding hydrogens is 532 g/mol. The van der Waals surface area contributed by atoms with E-state index in [1.807, 2.05) is 69.4 Å². The first-order chi connectivity index (χ1) is 20.2. The number of likely N-dealkylation sites (tertiary alicyclic amines) is 1. The number of nitrogens with zero attached hydrogens (tertiary/aromatic N) is 6. The van der Waals surface area contributed by atoms with Crippen molar-refractivity contribution in [3.05, 3.63) is 96.2 Å². The summed E-state index contributed by atoms with van der Waals surface area (Å²) >= 11 is 0. The lowest BCUT2D eigenvalue weighted by atomic mass is 10.0. The van der Waals surface area contributed by atoms with E-state index in [0.717, 1.165) is 21.2 Å². The van der Waals surface area contributed by atoms with Gasteiger partial charge in [-0.05, 0) is 74.9 Å². The molecule has 1 saturated heterocycles. The zero-order valence-electron chi connectivity index (χ0n) is 23.8. The van der Waals surface area contributed by atoms with Crippen LogP contribution in [0.25, 0.3) is 27.5 Å². The maximum absolute atomic E-state index is 14.4. The highest BCUT2D eigenvalue weighted by atomic mass is 16.6. The number of benzene rings is 2. The van der Waals surface area contributed by atoms with E-state index in [1.165, 1.54) is 6.20 Å². The zero-order chi connectivity index (χ0) is 29.4. The molecule has 1 aliphatic rings. The molecule has 0 saturated carbocycles. The average Bonchev–Trinajstić information content (AvgIpc) is 3.42. The van der Waals surface area contributed by atoms with E-state index >= 15 is 0 Å². The molecule has 214 valence electrons. The molecule has 0 N–H and O–H groups in total. The lowest BCUT2D eigenvalue weighted by molar-refractivity contribution is -0.590. The minimum atomic E-state index is -0.647. The highest BCUT2D eigenvalue weighted by Gasteiger charge is 2.40. The fourth-order valence-electron chi connectivity index (χ4n) is 5.47. The summed E-state index contributed by atoms with van der Waals surface area (Å²) in [5.74, 6) is -0.0819. The van der Waals surface area contributed by atoms with E-state index in [1.54, 1.807) is 44.9 Å². The molecule has 0 radical (unpaired) electrons. The van der Waals surface area contributed by atoms with Crippen molar-refractivity contribution in [3.63, 3.8) is 0 Å². The number of fused-ring (bicyclic) bond motifs is 2. The van der Waals surface area contributed by atoms with Crippen LogP contribution in [0, 0.1) is 5.21 Å². The molecule has 0 spiro atoms. The quantitative estimate of drug-likeness (QED) is 0.219. The summed E-state index contributed by atoms with van der Waals surface area (Å²) in [5.41, 5.74) is 2.20. The van der Waals surface area contributed by atoms with Gasteiger partial charge in [-0.15, -0.1) is 0 Å². The van der Waals surface area contributed by atoms with E-state index in [2.05, 4.69) is 10.1 Å². The van der Waals surface area contributed by atoms with Gasteiger partial charge in [-0.2, -0.15) is 10.00 Å². The molecule has 1 aliphatic heterocycles. The van der Waals surface area contributed by atoms with Crippen molar-refractivity contribution in [3.8, 4) is 11.1 Å². The number of hydrogen-bond donors (Lipinski definition) is 0. The predicted octanol–water partition coefficient (Wildman–Crippen LogP) is 5.23. The van der Waals surface area contributed by atoms with Crippen LogP contribution >= 0.6 is 0 Å². The second-order valence-corrected chi connectivity index (χ2v) is 11.5. The van der Waals surface area contributed by atoms with Gasteiger partial charge in [-0.25, -0.2) is 23.8 Å². The molecule has 0 unspecified atom stereocenters. The Kier molecular flexibility index (Phi) is 6.97. The second-order valence-electron chi connectivity index (χ2n) is 11.5. The van der Waals surface area contributed by atoms with Gasteiger partial charge in [0.05, 0.1) is 29.9 Å². The van der Waals surface area contributed by atoms with Crippen molar-refractivity contribution in [2.75, 3.05) is 18.0 Å². The molecule has 4 heterocycles. The molecule has 1 atom stereocenters. The molecule has 2 amide bonds. The Bertz CT molecular complexity index is 1780. The highest BCUT2D eigenvalue weighted by Crippen LogP contribution is 2.31. The molecule has 42 heavy (non-hydrogen) atoms. The fraction of sp³-hybridized carbons (Fsp3) is 0.281. The van der Waals surface area contributed by atoms with Crippen molar-refractivity contribution in [1.29, 1.82) is 0 Å². The molecule has 1 fully saturated rings. The average molecular weight is 565 g/mol. The van der Waals surface area contributed by atoms with Gasteiger partial charge >= 0.3 is 12.0 Å². The van der Waals surface area contributed by atoms with Crippen LogP contribution in [0.4, 0.5) is 10.6 Å². The molecule has 0 bridgehead atoms. The molecule has 10 nitrogen and oxygen atoms in total. The van der Waals surface area contributed by atoms with Crippen LogP contribution in [0.3, 0.4) is 0 Å². The van der Waals surface area contributed by atoms with Crippen molar-refractivity contribution in [1.82, 2.24) is 19.5 Å². The number of carbonyl (C=O) groups is 2. The van der Waals surface area contributed by atoms with Gasteiger partial charge in [-0.1, -0.05) is 30.3 Å². The normalized spacial score (nSPS) is 15.6. The van der Waals surface area contributed by atoms with Crippen LogP contribution in [0.15, 0.2) is 85.5 Å². The number of pyridine rings is 1. The Morgan fingerprint density at radius 2 is 1.86 bits per heavy atom. The van der Waals surface area contributed by atoms with Crippen LogP contribution in [0.2, 0.25) is 0 Å². The fourth-order valence-corrected chi connectivity index (χ4v) is 5.47. The Balaban J connectivity index is 1.39. The molecule has 0 aliphatic carbocycles. The van der Waals surface area contributed by atoms with Crippen molar-refractivity contribution in [2.24, 2.45) is 0 Å². The molecule has 3 aromatic heterocycles. The smallest absolute Gasteiger partial charge is 0.410 e. The third-order valence-electron chi connectivity index (χ3n) is 7.38. The van der Waals surface area contributed by atoms with Gasteiger partial charge < -0.3 is 14.8 Å². The molecular formula is C32H32N6O4.